The molecule has 4 unspecified atom stereocenters. The number of nitrogens with one attached hydrogen (secondary N) is 1. The highest BCUT2D eigenvalue weighted by Gasteiger charge is 2.59. The van der Waals surface area contributed by atoms with Crippen LogP contribution in [0, 0.1) is 5.41 Å². The highest BCUT2D eigenvalue weighted by molar-refractivity contribution is 5.79. The molecule has 2 amide bonds. The Labute approximate surface area is 136 Å². The normalized spacial score (nSPS) is 39.5. The Bertz CT molecular complexity index is 491. The number of amides is 2. The van der Waals surface area contributed by atoms with Crippen LogP contribution in [-0.4, -0.2) is 66.1 Å². The molecule has 3 fully saturated rings. The summed E-state index contributed by atoms with van der Waals surface area (Å²) in [6.45, 7) is 5.73. The molecule has 0 radical (unpaired) electrons. The first-order valence-electron chi connectivity index (χ1n) is 8.46. The van der Waals surface area contributed by atoms with E-state index in [2.05, 4.69) is 5.32 Å². The summed E-state index contributed by atoms with van der Waals surface area (Å²) in [7, 11) is 0. The van der Waals surface area contributed by atoms with Crippen LogP contribution in [0.1, 0.15) is 39.5 Å². The molecule has 1 saturated carbocycles. The van der Waals surface area contributed by atoms with Gasteiger partial charge in [-0.05, 0) is 39.5 Å². The van der Waals surface area contributed by atoms with Crippen molar-refractivity contribution in [1.29, 1.82) is 0 Å². The van der Waals surface area contributed by atoms with E-state index in [-0.39, 0.29) is 30.3 Å². The lowest BCUT2D eigenvalue weighted by Gasteiger charge is -2.52. The molecule has 2 aliphatic heterocycles. The van der Waals surface area contributed by atoms with Crippen molar-refractivity contribution in [3.63, 3.8) is 0 Å². The fourth-order valence-corrected chi connectivity index (χ4v) is 4.03. The lowest BCUT2D eigenvalue weighted by atomic mass is 9.70. The Morgan fingerprint density at radius 1 is 1.43 bits per heavy atom. The van der Waals surface area contributed by atoms with Gasteiger partial charge in [0.05, 0.1) is 17.6 Å². The quantitative estimate of drug-likeness (QED) is 0.811. The third kappa shape index (κ3) is 2.70. The van der Waals surface area contributed by atoms with E-state index in [0.29, 0.717) is 26.2 Å². The maximum Gasteiger partial charge on any atom is 0.317 e. The zero-order valence-corrected chi connectivity index (χ0v) is 13.8. The Morgan fingerprint density at radius 2 is 2.22 bits per heavy atom. The minimum atomic E-state index is -0.844. The smallest absolute Gasteiger partial charge is 0.317 e. The van der Waals surface area contributed by atoms with Gasteiger partial charge in [-0.25, -0.2) is 4.79 Å². The number of ether oxygens (including phenoxy) is 2. The second kappa shape index (κ2) is 5.94. The van der Waals surface area contributed by atoms with Crippen molar-refractivity contribution in [3.8, 4) is 0 Å². The van der Waals surface area contributed by atoms with Crippen molar-refractivity contribution in [2.24, 2.45) is 5.41 Å². The first kappa shape index (κ1) is 16.5. The Balaban J connectivity index is 1.60. The topological polar surface area (TPSA) is 88.1 Å². The van der Waals surface area contributed by atoms with Crippen molar-refractivity contribution in [2.45, 2.75) is 57.3 Å². The van der Waals surface area contributed by atoms with Crippen LogP contribution in [0.5, 0.6) is 0 Å². The van der Waals surface area contributed by atoms with Gasteiger partial charge >= 0.3 is 12.0 Å². The fraction of sp³-hybridized carbons (Fsp3) is 0.875. The molecule has 3 rings (SSSR count). The summed E-state index contributed by atoms with van der Waals surface area (Å²) < 4.78 is 11.7. The number of hydrogen-bond donors (Lipinski definition) is 2. The highest BCUT2D eigenvalue weighted by Crippen LogP contribution is 2.45. The molecule has 2 N–H and O–H groups in total. The van der Waals surface area contributed by atoms with E-state index >= 15 is 0 Å². The maximum absolute atomic E-state index is 12.5. The average molecular weight is 326 g/mol. The van der Waals surface area contributed by atoms with Crippen LogP contribution in [-0.2, 0) is 14.3 Å². The maximum atomic E-state index is 12.5. The van der Waals surface area contributed by atoms with Gasteiger partial charge in [0.15, 0.2) is 0 Å². The Hall–Kier alpha value is -1.34. The molecule has 130 valence electrons. The van der Waals surface area contributed by atoms with Crippen molar-refractivity contribution in [3.05, 3.63) is 0 Å². The van der Waals surface area contributed by atoms with Gasteiger partial charge < -0.3 is 24.8 Å². The summed E-state index contributed by atoms with van der Waals surface area (Å²) in [4.78, 5) is 25.4. The minimum Gasteiger partial charge on any atom is -0.481 e. The molecule has 7 nitrogen and oxygen atoms in total. The fourth-order valence-electron chi connectivity index (χ4n) is 4.03. The van der Waals surface area contributed by atoms with Crippen LogP contribution in [0.4, 0.5) is 4.79 Å². The van der Waals surface area contributed by atoms with E-state index in [0.717, 1.165) is 19.3 Å². The number of hydrogen-bond acceptors (Lipinski definition) is 4. The lowest BCUT2D eigenvalue weighted by molar-refractivity contribution is -0.195. The Morgan fingerprint density at radius 3 is 2.78 bits per heavy atom. The average Bonchev–Trinajstić information content (AvgIpc) is 3.15. The van der Waals surface area contributed by atoms with Gasteiger partial charge in [-0.15, -0.1) is 0 Å². The van der Waals surface area contributed by atoms with Crippen LogP contribution in [0.15, 0.2) is 0 Å². The number of nitrogens with zero attached hydrogens (tertiary/aromatic N) is 1. The molecule has 2 heterocycles. The van der Waals surface area contributed by atoms with Crippen LogP contribution in [0.25, 0.3) is 0 Å². The van der Waals surface area contributed by atoms with Gasteiger partial charge in [0.25, 0.3) is 0 Å². The summed E-state index contributed by atoms with van der Waals surface area (Å²) in [6, 6.07) is -0.240. The van der Waals surface area contributed by atoms with Crippen LogP contribution < -0.4 is 5.32 Å². The predicted octanol–water partition coefficient (Wildman–Crippen LogP) is 1.22. The van der Waals surface area contributed by atoms with E-state index < -0.39 is 11.4 Å². The van der Waals surface area contributed by atoms with E-state index in [9.17, 15) is 14.7 Å². The van der Waals surface area contributed by atoms with Crippen molar-refractivity contribution in [1.82, 2.24) is 10.2 Å². The molecule has 3 aliphatic rings. The molecule has 0 aromatic heterocycles. The highest BCUT2D eigenvalue weighted by atomic mass is 16.6. The van der Waals surface area contributed by atoms with Gasteiger partial charge in [-0.3, -0.25) is 4.79 Å². The number of likely N-dealkylation sites (tertiary alicyclic amines) is 1. The van der Waals surface area contributed by atoms with Crippen molar-refractivity contribution < 1.29 is 24.2 Å². The molecule has 7 heteroatoms. The number of aliphatic carboxylic acids is 1. The largest absolute Gasteiger partial charge is 0.481 e. The van der Waals surface area contributed by atoms with Crippen LogP contribution in [0.2, 0.25) is 0 Å². The summed E-state index contributed by atoms with van der Waals surface area (Å²) in [6.07, 6.45) is 3.17. The molecule has 0 aromatic rings. The van der Waals surface area contributed by atoms with E-state index in [4.69, 9.17) is 9.47 Å². The van der Waals surface area contributed by atoms with Gasteiger partial charge in [0.1, 0.15) is 5.60 Å². The number of carbonyl (C=O) groups is 2. The monoisotopic (exact) mass is 326 g/mol. The zero-order chi connectivity index (χ0) is 16.7. The molecular formula is C16H26N2O5. The molecule has 0 bridgehead atoms. The molecule has 23 heavy (non-hydrogen) atoms. The van der Waals surface area contributed by atoms with Crippen molar-refractivity contribution >= 4 is 12.0 Å². The first-order valence-corrected chi connectivity index (χ1v) is 8.46. The van der Waals surface area contributed by atoms with Gasteiger partial charge in [-0.1, -0.05) is 0 Å². The minimum absolute atomic E-state index is 0.0446. The standard InChI is InChI=1S/C16H26N2O5/c1-3-22-12-9-11(16(12)5-4-8-23-16)17-14(21)18-7-6-15(2,10-18)13(19)20/h11-12H,3-10H2,1-2H3,(H,17,21)(H,19,20). The molecular weight excluding hydrogens is 300 g/mol. The van der Waals surface area contributed by atoms with E-state index in [1.54, 1.807) is 11.8 Å². The van der Waals surface area contributed by atoms with Crippen LogP contribution in [0.3, 0.4) is 0 Å². The second-order valence-electron chi connectivity index (χ2n) is 7.13. The van der Waals surface area contributed by atoms with E-state index in [1.165, 1.54) is 0 Å². The van der Waals surface area contributed by atoms with Gasteiger partial charge in [0, 0.05) is 26.3 Å². The first-order chi connectivity index (χ1) is 10.9. The number of carboxylic acid groups (broad SMARTS) is 1. The third-order valence-corrected chi connectivity index (χ3v) is 5.61. The number of carbonyl (C=O) groups excluding carboxylic acids is 1. The van der Waals surface area contributed by atoms with Crippen molar-refractivity contribution in [2.75, 3.05) is 26.3 Å². The van der Waals surface area contributed by atoms with Gasteiger partial charge in [0.2, 0.25) is 0 Å². The van der Waals surface area contributed by atoms with E-state index in [1.807, 2.05) is 6.92 Å². The second-order valence-corrected chi connectivity index (χ2v) is 7.13. The predicted molar refractivity (Wildman–Crippen MR) is 82.2 cm³/mol. The molecule has 2 saturated heterocycles. The summed E-state index contributed by atoms with van der Waals surface area (Å²) >= 11 is 0. The third-order valence-electron chi connectivity index (χ3n) is 5.61. The zero-order valence-electron chi connectivity index (χ0n) is 13.8. The molecule has 0 aromatic carbocycles. The number of rotatable bonds is 4. The number of urea groups is 1. The van der Waals surface area contributed by atoms with Crippen LogP contribution >= 0.6 is 0 Å². The molecule has 1 aliphatic carbocycles. The Kier molecular flexibility index (Phi) is 4.27. The summed E-state index contributed by atoms with van der Waals surface area (Å²) in [5.41, 5.74) is -1.23. The molecule has 4 atom stereocenters. The molecule has 1 spiro atoms. The summed E-state index contributed by atoms with van der Waals surface area (Å²) in [5, 5.41) is 12.3. The van der Waals surface area contributed by atoms with Gasteiger partial charge in [-0.2, -0.15) is 0 Å². The SMILES string of the molecule is CCOC1CC(NC(=O)N2CCC(C)(C(=O)O)C2)C12CCCO2. The summed E-state index contributed by atoms with van der Waals surface area (Å²) in [5.74, 6) is -0.844. The lowest BCUT2D eigenvalue weighted by Crippen LogP contribution is -2.70. The number of carboxylic acids is 1.